The topological polar surface area (TPSA) is 84.6 Å². The Hall–Kier alpha value is -1.63. The largest absolute Gasteiger partial charge is 0.379 e. The molecule has 0 aliphatic heterocycles. The quantitative estimate of drug-likeness (QED) is 0.582. The minimum absolute atomic E-state index is 0.188. The van der Waals surface area contributed by atoms with Gasteiger partial charge < -0.3 is 15.2 Å². The molecule has 2 rings (SSSR count). The fourth-order valence-electron chi connectivity index (χ4n) is 1.80. The lowest BCUT2D eigenvalue weighted by atomic mass is 10.1. The maximum absolute atomic E-state index is 10.7. The zero-order valence-electron chi connectivity index (χ0n) is 9.79. The van der Waals surface area contributed by atoms with Crippen LogP contribution in [0.25, 0.3) is 10.8 Å². The third-order valence-corrected chi connectivity index (χ3v) is 2.75. The van der Waals surface area contributed by atoms with Gasteiger partial charge in [-0.2, -0.15) is 4.21 Å². The smallest absolute Gasteiger partial charge is 0.357 e. The molecule has 0 amide bonds. The predicted octanol–water partition coefficient (Wildman–Crippen LogP) is 2.07. The van der Waals surface area contributed by atoms with Gasteiger partial charge in [0.2, 0.25) is 0 Å². The zero-order chi connectivity index (χ0) is 13.1. The van der Waals surface area contributed by atoms with Gasteiger partial charge in [0.25, 0.3) is 0 Å². The molecule has 0 aliphatic rings. The van der Waals surface area contributed by atoms with Crippen LogP contribution in [-0.2, 0) is 11.4 Å². The second kappa shape index (κ2) is 5.34. The summed E-state index contributed by atoms with van der Waals surface area (Å²) in [6, 6.07) is 10.9. The van der Waals surface area contributed by atoms with Crippen molar-refractivity contribution in [2.45, 2.75) is 13.1 Å². The van der Waals surface area contributed by atoms with Gasteiger partial charge in [-0.25, -0.2) is 0 Å². The van der Waals surface area contributed by atoms with Crippen molar-refractivity contribution in [2.75, 3.05) is 5.32 Å². The Morgan fingerprint density at radius 3 is 2.61 bits per heavy atom. The molecule has 2 aromatic carbocycles. The van der Waals surface area contributed by atoms with E-state index in [-0.39, 0.29) is 6.17 Å². The molecule has 0 fully saturated rings. The molecule has 18 heavy (non-hydrogen) atoms. The highest BCUT2D eigenvalue weighted by molar-refractivity contribution is 7.74. The maximum Gasteiger partial charge on any atom is 0.357 e. The molecule has 2 aromatic rings. The number of nitrogens with two attached hydrogens (primary N) is 1. The molecule has 0 radical (unpaired) electrons. The van der Waals surface area contributed by atoms with Crippen LogP contribution in [0.2, 0.25) is 0 Å². The SMILES string of the molecule is CC(N)Nc1cccc2c(OS(=O)O)cccc12. The van der Waals surface area contributed by atoms with Crippen LogP contribution in [0.15, 0.2) is 36.4 Å². The van der Waals surface area contributed by atoms with Crippen LogP contribution in [-0.4, -0.2) is 14.9 Å². The average molecular weight is 266 g/mol. The van der Waals surface area contributed by atoms with Gasteiger partial charge >= 0.3 is 11.4 Å². The molecular weight excluding hydrogens is 252 g/mol. The van der Waals surface area contributed by atoms with E-state index in [1.807, 2.05) is 31.2 Å². The first-order valence-electron chi connectivity index (χ1n) is 5.41. The van der Waals surface area contributed by atoms with Crippen LogP contribution in [0.3, 0.4) is 0 Å². The lowest BCUT2D eigenvalue weighted by molar-refractivity contribution is 0.460. The van der Waals surface area contributed by atoms with Crippen LogP contribution < -0.4 is 15.2 Å². The Bertz CT molecular complexity index is 587. The third-order valence-electron chi connectivity index (χ3n) is 2.43. The van der Waals surface area contributed by atoms with E-state index in [4.69, 9.17) is 14.5 Å². The third kappa shape index (κ3) is 2.79. The molecule has 2 atom stereocenters. The van der Waals surface area contributed by atoms with E-state index < -0.39 is 11.4 Å². The highest BCUT2D eigenvalue weighted by atomic mass is 32.2. The molecule has 0 aromatic heterocycles. The zero-order valence-corrected chi connectivity index (χ0v) is 10.6. The van der Waals surface area contributed by atoms with Crippen molar-refractivity contribution >= 4 is 27.8 Å². The Morgan fingerprint density at radius 1 is 1.28 bits per heavy atom. The number of rotatable bonds is 4. The monoisotopic (exact) mass is 266 g/mol. The number of fused-ring (bicyclic) bond motifs is 1. The van der Waals surface area contributed by atoms with Crippen molar-refractivity contribution in [1.29, 1.82) is 0 Å². The molecular formula is C12H14N2O3S. The summed E-state index contributed by atoms with van der Waals surface area (Å²) < 4.78 is 24.4. The van der Waals surface area contributed by atoms with E-state index in [0.29, 0.717) is 5.75 Å². The molecule has 0 aliphatic carbocycles. The summed E-state index contributed by atoms with van der Waals surface area (Å²) in [5.41, 5.74) is 6.56. The standard InChI is InChI=1S/C12H14N2O3S/c1-8(13)14-11-6-2-5-10-9(11)4-3-7-12(10)17-18(15)16/h2-8,14H,13H2,1H3,(H,15,16). The van der Waals surface area contributed by atoms with Crippen LogP contribution in [0.5, 0.6) is 5.75 Å². The normalized spacial score (nSPS) is 14.2. The Labute approximate surface area is 107 Å². The van der Waals surface area contributed by atoms with Gasteiger partial charge in [-0.15, -0.1) is 0 Å². The van der Waals surface area contributed by atoms with Gasteiger partial charge in [0.05, 0.1) is 6.17 Å². The van der Waals surface area contributed by atoms with Crippen LogP contribution in [0.1, 0.15) is 6.92 Å². The first kappa shape index (κ1) is 12.8. The lowest BCUT2D eigenvalue weighted by Gasteiger charge is -2.13. The van der Waals surface area contributed by atoms with Gasteiger partial charge in [-0.1, -0.05) is 24.3 Å². The molecule has 96 valence electrons. The van der Waals surface area contributed by atoms with E-state index in [0.717, 1.165) is 16.5 Å². The number of hydrogen-bond donors (Lipinski definition) is 3. The maximum atomic E-state index is 10.7. The molecule has 0 bridgehead atoms. The first-order valence-corrected chi connectivity index (χ1v) is 6.44. The Kier molecular flexibility index (Phi) is 3.81. The van der Waals surface area contributed by atoms with Crippen molar-refractivity contribution in [3.05, 3.63) is 36.4 Å². The van der Waals surface area contributed by atoms with Gasteiger partial charge in [0, 0.05) is 16.5 Å². The minimum atomic E-state index is -2.34. The van der Waals surface area contributed by atoms with Crippen LogP contribution in [0, 0.1) is 0 Å². The van der Waals surface area contributed by atoms with Crippen molar-refractivity contribution in [3.8, 4) is 5.75 Å². The summed E-state index contributed by atoms with van der Waals surface area (Å²) in [6.07, 6.45) is -0.188. The molecule has 4 N–H and O–H groups in total. The highest BCUT2D eigenvalue weighted by Gasteiger charge is 2.08. The van der Waals surface area contributed by atoms with Crippen molar-refractivity contribution in [3.63, 3.8) is 0 Å². The van der Waals surface area contributed by atoms with Gasteiger partial charge in [0.15, 0.2) is 5.75 Å². The van der Waals surface area contributed by atoms with E-state index in [9.17, 15) is 4.21 Å². The number of anilines is 1. The van der Waals surface area contributed by atoms with Crippen molar-refractivity contribution < 1.29 is 12.9 Å². The van der Waals surface area contributed by atoms with Crippen molar-refractivity contribution in [1.82, 2.24) is 0 Å². The summed E-state index contributed by atoms with van der Waals surface area (Å²) in [5.74, 6) is 0.363. The molecule has 0 saturated carbocycles. The van der Waals surface area contributed by atoms with E-state index in [2.05, 4.69) is 5.32 Å². The van der Waals surface area contributed by atoms with Gasteiger partial charge in [-0.3, -0.25) is 4.55 Å². The fourth-order valence-corrected chi connectivity index (χ4v) is 2.10. The molecule has 0 saturated heterocycles. The molecule has 5 nitrogen and oxygen atoms in total. The highest BCUT2D eigenvalue weighted by Crippen LogP contribution is 2.31. The summed E-state index contributed by atoms with van der Waals surface area (Å²) in [5, 5.41) is 4.75. The van der Waals surface area contributed by atoms with E-state index >= 15 is 0 Å². The summed E-state index contributed by atoms with van der Waals surface area (Å²) in [6.45, 7) is 1.84. The van der Waals surface area contributed by atoms with Crippen molar-refractivity contribution in [2.24, 2.45) is 5.73 Å². The van der Waals surface area contributed by atoms with E-state index in [1.54, 1.807) is 12.1 Å². The Balaban J connectivity index is 2.54. The predicted molar refractivity (Wildman–Crippen MR) is 72.6 cm³/mol. The van der Waals surface area contributed by atoms with Gasteiger partial charge in [0.1, 0.15) is 0 Å². The van der Waals surface area contributed by atoms with Gasteiger partial charge in [-0.05, 0) is 19.1 Å². The lowest BCUT2D eigenvalue weighted by Crippen LogP contribution is -2.25. The molecule has 0 heterocycles. The number of nitrogens with one attached hydrogen (secondary N) is 1. The molecule has 2 unspecified atom stereocenters. The van der Waals surface area contributed by atoms with Crippen LogP contribution in [0.4, 0.5) is 5.69 Å². The minimum Gasteiger partial charge on any atom is -0.379 e. The average Bonchev–Trinajstić information content (AvgIpc) is 2.29. The number of hydrogen-bond acceptors (Lipinski definition) is 4. The van der Waals surface area contributed by atoms with Crippen LogP contribution >= 0.6 is 0 Å². The molecule has 6 heteroatoms. The fraction of sp³-hybridized carbons (Fsp3) is 0.167. The number of benzene rings is 2. The first-order chi connectivity index (χ1) is 8.58. The summed E-state index contributed by atoms with van der Waals surface area (Å²) in [7, 11) is 0. The molecule has 0 spiro atoms. The summed E-state index contributed by atoms with van der Waals surface area (Å²) in [4.78, 5) is 0. The Morgan fingerprint density at radius 2 is 1.94 bits per heavy atom. The second-order valence-electron chi connectivity index (χ2n) is 3.89. The summed E-state index contributed by atoms with van der Waals surface area (Å²) >= 11 is -2.34. The second-order valence-corrected chi connectivity index (χ2v) is 4.49. The van der Waals surface area contributed by atoms with E-state index in [1.165, 1.54) is 0 Å².